The van der Waals surface area contributed by atoms with Gasteiger partial charge >= 0.3 is 0 Å². The molecule has 0 unspecified atom stereocenters. The van der Waals surface area contributed by atoms with Crippen LogP contribution in [0.2, 0.25) is 5.02 Å². The third-order valence-corrected chi connectivity index (χ3v) is 4.38. The lowest BCUT2D eigenvalue weighted by Crippen LogP contribution is -2.31. The number of carbonyl (C=O) groups excluding carboxylic acids is 1. The van der Waals surface area contributed by atoms with Gasteiger partial charge in [-0.25, -0.2) is 4.98 Å². The minimum Gasteiger partial charge on any atom is -0.384 e. The van der Waals surface area contributed by atoms with Crippen molar-refractivity contribution >= 4 is 23.3 Å². The smallest absolute Gasteiger partial charge is 0.253 e. The van der Waals surface area contributed by atoms with E-state index in [1.807, 2.05) is 0 Å². The van der Waals surface area contributed by atoms with E-state index in [1.54, 1.807) is 0 Å². The summed E-state index contributed by atoms with van der Waals surface area (Å²) in [5, 5.41) is 3.35. The number of anilines is 1. The monoisotopic (exact) mass is 279 g/mol. The van der Waals surface area contributed by atoms with Crippen LogP contribution in [-0.2, 0) is 0 Å². The van der Waals surface area contributed by atoms with Gasteiger partial charge in [-0.05, 0) is 49.5 Å². The fourth-order valence-electron chi connectivity index (χ4n) is 2.70. The van der Waals surface area contributed by atoms with Crippen LogP contribution in [0.4, 0.5) is 5.82 Å². The number of amides is 1. The average molecular weight is 280 g/mol. The van der Waals surface area contributed by atoms with Crippen molar-refractivity contribution in [1.29, 1.82) is 0 Å². The van der Waals surface area contributed by atoms with Crippen molar-refractivity contribution in [3.05, 3.63) is 22.8 Å². The van der Waals surface area contributed by atoms with Crippen molar-refractivity contribution in [3.63, 3.8) is 0 Å². The lowest BCUT2D eigenvalue weighted by Gasteiger charge is -2.16. The van der Waals surface area contributed by atoms with E-state index in [9.17, 15) is 4.79 Å². The van der Waals surface area contributed by atoms with E-state index in [4.69, 9.17) is 17.3 Å². The number of nitrogen functional groups attached to an aromatic ring is 1. The van der Waals surface area contributed by atoms with Gasteiger partial charge in [0.2, 0.25) is 0 Å². The SMILES string of the molecule is Nc1cc(C(=O)NCC(C2CC2)C2CC2)c(Cl)cn1. The molecule has 1 aromatic heterocycles. The highest BCUT2D eigenvalue weighted by atomic mass is 35.5. The first-order chi connectivity index (χ1) is 9.15. The van der Waals surface area contributed by atoms with Gasteiger partial charge in [0, 0.05) is 12.7 Å². The molecule has 19 heavy (non-hydrogen) atoms. The lowest BCUT2D eigenvalue weighted by atomic mass is 9.98. The molecule has 4 nitrogen and oxygen atoms in total. The van der Waals surface area contributed by atoms with Crippen LogP contribution in [0.15, 0.2) is 12.3 Å². The number of hydrogen-bond acceptors (Lipinski definition) is 3. The van der Waals surface area contributed by atoms with E-state index in [0.29, 0.717) is 22.3 Å². The van der Waals surface area contributed by atoms with Crippen molar-refractivity contribution in [2.24, 2.45) is 17.8 Å². The predicted octanol–water partition coefficient (Wildman–Crippen LogP) is 2.48. The zero-order valence-electron chi connectivity index (χ0n) is 10.7. The Balaban J connectivity index is 1.62. The number of aromatic nitrogens is 1. The molecule has 1 heterocycles. The van der Waals surface area contributed by atoms with Crippen molar-refractivity contribution in [1.82, 2.24) is 10.3 Å². The Labute approximate surface area is 117 Å². The van der Waals surface area contributed by atoms with Crippen LogP contribution in [0.25, 0.3) is 0 Å². The molecule has 2 saturated carbocycles. The molecular weight excluding hydrogens is 262 g/mol. The number of rotatable bonds is 5. The molecule has 0 aromatic carbocycles. The normalized spacial score (nSPS) is 18.6. The molecule has 0 atom stereocenters. The first-order valence-electron chi connectivity index (χ1n) is 6.84. The lowest BCUT2D eigenvalue weighted by molar-refractivity contribution is 0.0943. The average Bonchev–Trinajstić information content (AvgIpc) is 3.25. The second-order valence-electron chi connectivity index (χ2n) is 5.64. The molecule has 0 spiro atoms. The molecule has 0 aliphatic heterocycles. The minimum absolute atomic E-state index is 0.148. The molecule has 2 aliphatic rings. The predicted molar refractivity (Wildman–Crippen MR) is 74.9 cm³/mol. The first kappa shape index (κ1) is 12.7. The summed E-state index contributed by atoms with van der Waals surface area (Å²) in [5.41, 5.74) is 6.00. The topological polar surface area (TPSA) is 68.0 Å². The summed E-state index contributed by atoms with van der Waals surface area (Å²) in [4.78, 5) is 16.0. The maximum Gasteiger partial charge on any atom is 0.253 e. The molecule has 0 radical (unpaired) electrons. The summed E-state index contributed by atoms with van der Waals surface area (Å²) in [6.07, 6.45) is 6.70. The van der Waals surface area contributed by atoms with E-state index in [0.717, 1.165) is 18.4 Å². The Morgan fingerprint density at radius 2 is 2.05 bits per heavy atom. The van der Waals surface area contributed by atoms with Crippen LogP contribution < -0.4 is 11.1 Å². The van der Waals surface area contributed by atoms with Crippen LogP contribution in [0.1, 0.15) is 36.0 Å². The summed E-state index contributed by atoms with van der Waals surface area (Å²) in [6, 6.07) is 1.53. The first-order valence-corrected chi connectivity index (χ1v) is 7.22. The summed E-state index contributed by atoms with van der Waals surface area (Å²) < 4.78 is 0. The Morgan fingerprint density at radius 1 is 1.42 bits per heavy atom. The second-order valence-corrected chi connectivity index (χ2v) is 6.04. The minimum atomic E-state index is -0.148. The highest BCUT2D eigenvalue weighted by molar-refractivity contribution is 6.33. The third-order valence-electron chi connectivity index (χ3n) is 4.07. The van der Waals surface area contributed by atoms with Crippen LogP contribution in [-0.4, -0.2) is 17.4 Å². The highest BCUT2D eigenvalue weighted by Gasteiger charge is 2.41. The van der Waals surface area contributed by atoms with Crippen molar-refractivity contribution < 1.29 is 4.79 Å². The number of pyridine rings is 1. The maximum atomic E-state index is 12.1. The standard InChI is InChI=1S/C14H18ClN3O/c15-12-7-17-13(16)5-10(12)14(19)18-6-11(8-1-2-8)9-3-4-9/h5,7-9,11H,1-4,6H2,(H2,16,17)(H,18,19). The molecule has 3 rings (SSSR count). The number of hydrogen-bond donors (Lipinski definition) is 2. The number of nitrogens with zero attached hydrogens (tertiary/aromatic N) is 1. The summed E-state index contributed by atoms with van der Waals surface area (Å²) >= 11 is 5.98. The van der Waals surface area contributed by atoms with Crippen molar-refractivity contribution in [3.8, 4) is 0 Å². The van der Waals surface area contributed by atoms with Gasteiger partial charge in [0.05, 0.1) is 10.6 Å². The van der Waals surface area contributed by atoms with Gasteiger partial charge in [-0.3, -0.25) is 4.79 Å². The molecule has 5 heteroatoms. The van der Waals surface area contributed by atoms with Gasteiger partial charge in [0.1, 0.15) is 5.82 Å². The number of nitrogens with one attached hydrogen (secondary N) is 1. The fourth-order valence-corrected chi connectivity index (χ4v) is 2.89. The molecular formula is C14H18ClN3O. The fraction of sp³-hybridized carbons (Fsp3) is 0.571. The van der Waals surface area contributed by atoms with Crippen LogP contribution in [0.3, 0.4) is 0 Å². The molecule has 0 bridgehead atoms. The Morgan fingerprint density at radius 3 is 2.63 bits per heavy atom. The number of halogens is 1. The van der Waals surface area contributed by atoms with Gasteiger partial charge in [-0.2, -0.15) is 0 Å². The quantitative estimate of drug-likeness (QED) is 0.870. The van der Waals surface area contributed by atoms with Gasteiger partial charge in [0.25, 0.3) is 5.91 Å². The van der Waals surface area contributed by atoms with E-state index in [-0.39, 0.29) is 5.91 Å². The van der Waals surface area contributed by atoms with E-state index in [2.05, 4.69) is 10.3 Å². The van der Waals surface area contributed by atoms with Crippen LogP contribution in [0, 0.1) is 17.8 Å². The summed E-state index contributed by atoms with van der Waals surface area (Å²) in [6.45, 7) is 0.757. The summed E-state index contributed by atoms with van der Waals surface area (Å²) in [5.74, 6) is 2.47. The van der Waals surface area contributed by atoms with E-state index in [1.165, 1.54) is 37.9 Å². The molecule has 2 aliphatic carbocycles. The molecule has 3 N–H and O–H groups in total. The van der Waals surface area contributed by atoms with E-state index < -0.39 is 0 Å². The molecule has 1 aromatic rings. The summed E-state index contributed by atoms with van der Waals surface area (Å²) in [7, 11) is 0. The van der Waals surface area contributed by atoms with Gasteiger partial charge < -0.3 is 11.1 Å². The molecule has 1 amide bonds. The molecule has 0 saturated heterocycles. The third kappa shape index (κ3) is 3.00. The molecule has 2 fully saturated rings. The maximum absolute atomic E-state index is 12.1. The van der Waals surface area contributed by atoms with Gasteiger partial charge in [0.15, 0.2) is 0 Å². The largest absolute Gasteiger partial charge is 0.384 e. The van der Waals surface area contributed by atoms with Crippen molar-refractivity contribution in [2.75, 3.05) is 12.3 Å². The zero-order chi connectivity index (χ0) is 13.4. The van der Waals surface area contributed by atoms with Crippen LogP contribution in [0.5, 0.6) is 0 Å². The second kappa shape index (κ2) is 5.00. The Bertz CT molecular complexity index is 485. The zero-order valence-corrected chi connectivity index (χ0v) is 11.5. The van der Waals surface area contributed by atoms with Crippen molar-refractivity contribution in [2.45, 2.75) is 25.7 Å². The van der Waals surface area contributed by atoms with E-state index >= 15 is 0 Å². The van der Waals surface area contributed by atoms with Crippen LogP contribution >= 0.6 is 11.6 Å². The van der Waals surface area contributed by atoms with Gasteiger partial charge in [-0.1, -0.05) is 11.6 Å². The van der Waals surface area contributed by atoms with Gasteiger partial charge in [-0.15, -0.1) is 0 Å². The highest BCUT2D eigenvalue weighted by Crippen LogP contribution is 2.48. The molecule has 102 valence electrons. The Hall–Kier alpha value is -1.29. The number of nitrogens with two attached hydrogens (primary N) is 1. The number of carbonyl (C=O) groups is 1. The Kier molecular flexibility index (Phi) is 3.35.